The molecule has 0 aliphatic rings. The first-order valence-corrected chi connectivity index (χ1v) is 5.40. The summed E-state index contributed by atoms with van der Waals surface area (Å²) in [6.07, 6.45) is 0. The van der Waals surface area contributed by atoms with Crippen LogP contribution in [0.3, 0.4) is 0 Å². The van der Waals surface area contributed by atoms with Crippen LogP contribution in [0.1, 0.15) is 12.7 Å². The van der Waals surface area contributed by atoms with E-state index in [1.54, 1.807) is 6.92 Å². The molecule has 3 heteroatoms. The molecule has 17 heavy (non-hydrogen) atoms. The first kappa shape index (κ1) is 9.90. The Balaban J connectivity index is 2.39. The van der Waals surface area contributed by atoms with Gasteiger partial charge in [0.15, 0.2) is 5.76 Å². The van der Waals surface area contributed by atoms with E-state index in [1.165, 1.54) is 5.39 Å². The zero-order valence-electron chi connectivity index (χ0n) is 9.34. The third kappa shape index (κ3) is 1.47. The Labute approximate surface area is 98.0 Å². The summed E-state index contributed by atoms with van der Waals surface area (Å²) in [4.78, 5) is 0. The summed E-state index contributed by atoms with van der Waals surface area (Å²) in [5, 5.41) is 15.3. The summed E-state index contributed by atoms with van der Waals surface area (Å²) < 4.78 is 5.64. The molecule has 0 fully saturated rings. The van der Waals surface area contributed by atoms with Crippen molar-refractivity contribution >= 4 is 27.5 Å². The van der Waals surface area contributed by atoms with Crippen LogP contribution in [0.2, 0.25) is 0 Å². The number of hydrogen-bond donors (Lipinski definition) is 1. The van der Waals surface area contributed by atoms with Gasteiger partial charge in [0.2, 0.25) is 0 Å². The van der Waals surface area contributed by atoms with Gasteiger partial charge in [-0.25, -0.2) is 0 Å². The molecule has 1 aromatic heterocycles. The van der Waals surface area contributed by atoms with E-state index in [1.807, 2.05) is 30.3 Å². The van der Waals surface area contributed by atoms with Crippen molar-refractivity contribution in [1.29, 1.82) is 0 Å². The molecule has 0 aliphatic carbocycles. The normalized spacial score (nSPS) is 12.4. The van der Waals surface area contributed by atoms with Crippen molar-refractivity contribution in [3.63, 3.8) is 0 Å². The van der Waals surface area contributed by atoms with Crippen LogP contribution in [-0.2, 0) is 0 Å². The van der Waals surface area contributed by atoms with Crippen LogP contribution in [0.25, 0.3) is 21.7 Å². The summed E-state index contributed by atoms with van der Waals surface area (Å²) in [6.45, 7) is 1.71. The van der Waals surface area contributed by atoms with Gasteiger partial charge in [0.1, 0.15) is 11.3 Å². The van der Waals surface area contributed by atoms with E-state index in [9.17, 15) is 0 Å². The zero-order chi connectivity index (χ0) is 11.8. The van der Waals surface area contributed by atoms with Gasteiger partial charge in [-0.2, -0.15) is 0 Å². The number of furan rings is 1. The minimum atomic E-state index is 0.477. The van der Waals surface area contributed by atoms with Crippen LogP contribution < -0.4 is 0 Å². The maximum absolute atomic E-state index is 8.75. The summed E-state index contributed by atoms with van der Waals surface area (Å²) in [5.41, 5.74) is 1.28. The molecule has 3 rings (SSSR count). The fourth-order valence-electron chi connectivity index (χ4n) is 2.02. The summed E-state index contributed by atoms with van der Waals surface area (Å²) in [7, 11) is 0. The average Bonchev–Trinajstić information content (AvgIpc) is 2.82. The number of rotatable bonds is 1. The van der Waals surface area contributed by atoms with Crippen molar-refractivity contribution in [1.82, 2.24) is 0 Å². The van der Waals surface area contributed by atoms with Crippen LogP contribution in [0.5, 0.6) is 0 Å². The lowest BCUT2D eigenvalue weighted by Gasteiger charge is -1.96. The molecule has 0 radical (unpaired) electrons. The van der Waals surface area contributed by atoms with Crippen molar-refractivity contribution in [3.8, 4) is 0 Å². The Morgan fingerprint density at radius 2 is 1.94 bits per heavy atom. The Kier molecular flexibility index (Phi) is 2.11. The molecule has 0 amide bonds. The van der Waals surface area contributed by atoms with Crippen LogP contribution >= 0.6 is 0 Å². The number of hydrogen-bond acceptors (Lipinski definition) is 3. The van der Waals surface area contributed by atoms with Crippen LogP contribution in [-0.4, -0.2) is 10.9 Å². The lowest BCUT2D eigenvalue weighted by molar-refractivity contribution is 0.318. The third-order valence-electron chi connectivity index (χ3n) is 2.93. The quantitative estimate of drug-likeness (QED) is 0.389. The summed E-state index contributed by atoms with van der Waals surface area (Å²) in [6, 6.07) is 14.0. The summed E-state index contributed by atoms with van der Waals surface area (Å²) >= 11 is 0. The molecule has 0 atom stereocenters. The molecular weight excluding hydrogens is 214 g/mol. The Bertz CT molecular complexity index is 725. The Hall–Kier alpha value is -2.29. The average molecular weight is 225 g/mol. The SMILES string of the molecule is C/C(=N\O)c1cc2c(ccc3ccccc32)o1. The molecule has 0 saturated heterocycles. The van der Waals surface area contributed by atoms with Crippen molar-refractivity contribution in [2.75, 3.05) is 0 Å². The highest BCUT2D eigenvalue weighted by Crippen LogP contribution is 2.28. The highest BCUT2D eigenvalue weighted by Gasteiger charge is 2.09. The molecule has 0 saturated carbocycles. The molecule has 2 aromatic carbocycles. The topological polar surface area (TPSA) is 45.7 Å². The fourth-order valence-corrected chi connectivity index (χ4v) is 2.02. The zero-order valence-corrected chi connectivity index (χ0v) is 9.34. The van der Waals surface area contributed by atoms with E-state index in [0.29, 0.717) is 11.5 Å². The molecule has 0 unspecified atom stereocenters. The lowest BCUT2D eigenvalue weighted by atomic mass is 10.1. The number of benzene rings is 2. The van der Waals surface area contributed by atoms with Gasteiger partial charge in [-0.15, -0.1) is 0 Å². The second kappa shape index (κ2) is 3.63. The number of oxime groups is 1. The molecule has 0 aliphatic heterocycles. The molecular formula is C14H11NO2. The molecule has 0 bridgehead atoms. The predicted molar refractivity (Wildman–Crippen MR) is 67.7 cm³/mol. The molecule has 0 spiro atoms. The third-order valence-corrected chi connectivity index (χ3v) is 2.93. The van der Waals surface area contributed by atoms with Crippen LogP contribution in [0, 0.1) is 0 Å². The smallest absolute Gasteiger partial charge is 0.152 e. The van der Waals surface area contributed by atoms with Gasteiger partial charge >= 0.3 is 0 Å². The minimum absolute atomic E-state index is 0.477. The fraction of sp³-hybridized carbons (Fsp3) is 0.0714. The van der Waals surface area contributed by atoms with E-state index in [-0.39, 0.29) is 0 Å². The van der Waals surface area contributed by atoms with E-state index in [2.05, 4.69) is 17.3 Å². The van der Waals surface area contributed by atoms with Gasteiger partial charge in [-0.1, -0.05) is 35.5 Å². The molecule has 3 aromatic rings. The van der Waals surface area contributed by atoms with E-state index < -0.39 is 0 Å². The van der Waals surface area contributed by atoms with Gasteiger partial charge < -0.3 is 9.62 Å². The van der Waals surface area contributed by atoms with E-state index in [4.69, 9.17) is 9.62 Å². The van der Waals surface area contributed by atoms with Gasteiger partial charge in [0.05, 0.1) is 0 Å². The lowest BCUT2D eigenvalue weighted by Crippen LogP contribution is -1.89. The maximum atomic E-state index is 8.75. The number of nitrogens with zero attached hydrogens (tertiary/aromatic N) is 1. The van der Waals surface area contributed by atoms with E-state index >= 15 is 0 Å². The Morgan fingerprint density at radius 1 is 1.12 bits per heavy atom. The monoisotopic (exact) mass is 225 g/mol. The molecule has 1 N–H and O–H groups in total. The highest BCUT2D eigenvalue weighted by molar-refractivity contribution is 6.09. The van der Waals surface area contributed by atoms with Gasteiger partial charge in [0, 0.05) is 5.39 Å². The second-order valence-corrected chi connectivity index (χ2v) is 3.99. The van der Waals surface area contributed by atoms with Crippen molar-refractivity contribution in [2.45, 2.75) is 6.92 Å². The van der Waals surface area contributed by atoms with Crippen molar-refractivity contribution in [3.05, 3.63) is 48.2 Å². The first-order valence-electron chi connectivity index (χ1n) is 5.40. The van der Waals surface area contributed by atoms with Gasteiger partial charge in [-0.3, -0.25) is 0 Å². The largest absolute Gasteiger partial charge is 0.455 e. The van der Waals surface area contributed by atoms with Crippen LogP contribution in [0.15, 0.2) is 52.0 Å². The summed E-state index contributed by atoms with van der Waals surface area (Å²) in [5.74, 6) is 0.596. The van der Waals surface area contributed by atoms with Crippen molar-refractivity contribution in [2.24, 2.45) is 5.16 Å². The van der Waals surface area contributed by atoms with Crippen LogP contribution in [0.4, 0.5) is 0 Å². The first-order chi connectivity index (χ1) is 8.29. The predicted octanol–water partition coefficient (Wildman–Crippen LogP) is 3.78. The molecule has 1 heterocycles. The Morgan fingerprint density at radius 3 is 2.76 bits per heavy atom. The molecule has 3 nitrogen and oxygen atoms in total. The van der Waals surface area contributed by atoms with E-state index in [0.717, 1.165) is 16.4 Å². The van der Waals surface area contributed by atoms with Crippen molar-refractivity contribution < 1.29 is 9.62 Å². The minimum Gasteiger partial charge on any atom is -0.455 e. The number of fused-ring (bicyclic) bond motifs is 3. The van der Waals surface area contributed by atoms with Gasteiger partial charge in [-0.05, 0) is 29.8 Å². The standard InChI is InChI=1S/C14H11NO2/c1-9(15-16)14-8-12-11-5-3-2-4-10(11)6-7-13(12)17-14/h2-8,16H,1H3/b15-9+. The highest BCUT2D eigenvalue weighted by atomic mass is 16.4. The maximum Gasteiger partial charge on any atom is 0.152 e. The molecule has 84 valence electrons. The van der Waals surface area contributed by atoms with Gasteiger partial charge in [0.25, 0.3) is 0 Å². The second-order valence-electron chi connectivity index (χ2n) is 3.99.